The second-order valence-corrected chi connectivity index (χ2v) is 9.06. The molecule has 0 bridgehead atoms. The summed E-state index contributed by atoms with van der Waals surface area (Å²) >= 11 is 0. The lowest BCUT2D eigenvalue weighted by atomic mass is 10.2. The van der Waals surface area contributed by atoms with Crippen molar-refractivity contribution >= 4 is 7.14 Å². The van der Waals surface area contributed by atoms with Gasteiger partial charge in [-0.05, 0) is 12.8 Å². The van der Waals surface area contributed by atoms with E-state index in [-0.39, 0.29) is 0 Å². The summed E-state index contributed by atoms with van der Waals surface area (Å²) in [7, 11) is -1.92. The van der Waals surface area contributed by atoms with Gasteiger partial charge in [0.1, 0.15) is 0 Å². The minimum atomic E-state index is -1.92. The summed E-state index contributed by atoms with van der Waals surface area (Å²) in [4.78, 5) is 0. The molecule has 0 radical (unpaired) electrons. The van der Waals surface area contributed by atoms with Crippen LogP contribution in [0.4, 0.5) is 0 Å². The molecule has 1 nitrogen and oxygen atoms in total. The van der Waals surface area contributed by atoms with Crippen molar-refractivity contribution in [2.24, 2.45) is 0 Å². The molecule has 0 saturated carbocycles. The van der Waals surface area contributed by atoms with Gasteiger partial charge in [0.25, 0.3) is 0 Å². The summed E-state index contributed by atoms with van der Waals surface area (Å²) in [5.41, 5.74) is 0.785. The van der Waals surface area contributed by atoms with Gasteiger partial charge in [0.05, 0.1) is 7.14 Å². The Hall–Kier alpha value is 0.230. The largest absolute Gasteiger partial charge is 0.323 e. The molecule has 0 rings (SSSR count). The summed E-state index contributed by atoms with van der Waals surface area (Å²) in [6.07, 6.45) is 6.99. The zero-order chi connectivity index (χ0) is 11.9. The van der Waals surface area contributed by atoms with E-state index in [0.717, 1.165) is 19.0 Å². The van der Waals surface area contributed by atoms with Crippen molar-refractivity contribution in [3.63, 3.8) is 0 Å². The topological polar surface area (TPSA) is 17.1 Å². The van der Waals surface area contributed by atoms with E-state index in [0.29, 0.717) is 11.3 Å². The fourth-order valence-corrected chi connectivity index (χ4v) is 5.39. The number of hydrogen-bond acceptors (Lipinski definition) is 1. The lowest BCUT2D eigenvalue weighted by molar-refractivity contribution is 0.552. The quantitative estimate of drug-likeness (QED) is 0.418. The Kier molecular flexibility index (Phi) is 7.61. The first-order valence-corrected chi connectivity index (χ1v) is 8.60. The average Bonchev–Trinajstić information content (AvgIpc) is 2.22. The molecule has 0 heterocycles. The van der Waals surface area contributed by atoms with Crippen LogP contribution in [0.25, 0.3) is 0 Å². The molecular weight excluding hydrogens is 203 g/mol. The molecule has 92 valence electrons. The van der Waals surface area contributed by atoms with Crippen LogP contribution in [-0.2, 0) is 4.57 Å². The van der Waals surface area contributed by atoms with Crippen molar-refractivity contribution in [2.75, 3.05) is 6.16 Å². The Balaban J connectivity index is 4.21. The fraction of sp³-hybridized carbons (Fsp3) is 1.00. The van der Waals surface area contributed by atoms with E-state index in [1.165, 1.54) is 19.3 Å². The lowest BCUT2D eigenvalue weighted by Gasteiger charge is -2.27. The van der Waals surface area contributed by atoms with Crippen molar-refractivity contribution in [3.05, 3.63) is 0 Å². The number of rotatable bonds is 8. The third kappa shape index (κ3) is 4.72. The average molecular weight is 232 g/mol. The van der Waals surface area contributed by atoms with Gasteiger partial charge in [0, 0.05) is 17.5 Å². The molecule has 0 aliphatic carbocycles. The van der Waals surface area contributed by atoms with Crippen LogP contribution in [0, 0.1) is 0 Å². The van der Waals surface area contributed by atoms with Crippen molar-refractivity contribution in [1.82, 2.24) is 0 Å². The molecule has 0 fully saturated rings. The second-order valence-electron chi connectivity index (χ2n) is 4.99. The summed E-state index contributed by atoms with van der Waals surface area (Å²) in [6, 6.07) is 0. The van der Waals surface area contributed by atoms with E-state index in [2.05, 4.69) is 34.6 Å². The van der Waals surface area contributed by atoms with Gasteiger partial charge in [-0.1, -0.05) is 53.9 Å². The maximum Gasteiger partial charge on any atom is 0.0927 e. The minimum Gasteiger partial charge on any atom is -0.323 e. The molecule has 0 spiro atoms. The van der Waals surface area contributed by atoms with Gasteiger partial charge in [-0.3, -0.25) is 0 Å². The van der Waals surface area contributed by atoms with Gasteiger partial charge >= 0.3 is 0 Å². The summed E-state index contributed by atoms with van der Waals surface area (Å²) in [5.74, 6) is 0. The van der Waals surface area contributed by atoms with Crippen LogP contribution in [-0.4, -0.2) is 17.5 Å². The Labute approximate surface area is 96.4 Å². The second kappa shape index (κ2) is 7.49. The highest BCUT2D eigenvalue weighted by atomic mass is 31.2. The van der Waals surface area contributed by atoms with Gasteiger partial charge in [0.2, 0.25) is 0 Å². The molecule has 0 amide bonds. The van der Waals surface area contributed by atoms with Gasteiger partial charge < -0.3 is 4.57 Å². The van der Waals surface area contributed by atoms with E-state index in [4.69, 9.17) is 0 Å². The van der Waals surface area contributed by atoms with E-state index >= 15 is 0 Å². The predicted octanol–water partition coefficient (Wildman–Crippen LogP) is 5.14. The van der Waals surface area contributed by atoms with E-state index in [9.17, 15) is 4.57 Å². The Morgan fingerprint density at radius 2 is 1.60 bits per heavy atom. The van der Waals surface area contributed by atoms with Crippen molar-refractivity contribution in [2.45, 2.75) is 78.0 Å². The molecule has 0 aliphatic rings. The van der Waals surface area contributed by atoms with Crippen molar-refractivity contribution < 1.29 is 4.57 Å². The van der Waals surface area contributed by atoms with Crippen LogP contribution in [0.1, 0.15) is 66.7 Å². The van der Waals surface area contributed by atoms with Gasteiger partial charge in [0.15, 0.2) is 0 Å². The first kappa shape index (κ1) is 15.2. The highest BCUT2D eigenvalue weighted by Crippen LogP contribution is 2.56. The predicted molar refractivity (Wildman–Crippen MR) is 71.5 cm³/mol. The first-order valence-electron chi connectivity index (χ1n) is 6.57. The molecule has 2 atom stereocenters. The molecule has 15 heavy (non-hydrogen) atoms. The maximum absolute atomic E-state index is 12.8. The summed E-state index contributed by atoms with van der Waals surface area (Å²) < 4.78 is 12.8. The molecule has 0 aromatic carbocycles. The van der Waals surface area contributed by atoms with Crippen LogP contribution in [0.5, 0.6) is 0 Å². The molecule has 0 N–H and O–H groups in total. The van der Waals surface area contributed by atoms with Crippen LogP contribution in [0.2, 0.25) is 0 Å². The van der Waals surface area contributed by atoms with E-state index in [1.807, 2.05) is 0 Å². The first-order chi connectivity index (χ1) is 6.99. The Morgan fingerprint density at radius 1 is 1.00 bits per heavy atom. The van der Waals surface area contributed by atoms with Crippen molar-refractivity contribution in [3.8, 4) is 0 Å². The van der Waals surface area contributed by atoms with E-state index in [1.54, 1.807) is 0 Å². The normalized spacial score (nSPS) is 17.7. The number of hydrogen-bond donors (Lipinski definition) is 0. The summed E-state index contributed by atoms with van der Waals surface area (Å²) in [5, 5.41) is 0. The van der Waals surface area contributed by atoms with Gasteiger partial charge in [-0.2, -0.15) is 0 Å². The summed E-state index contributed by atoms with van der Waals surface area (Å²) in [6.45, 7) is 10.8. The lowest BCUT2D eigenvalue weighted by Crippen LogP contribution is -2.13. The zero-order valence-electron chi connectivity index (χ0n) is 11.3. The smallest absolute Gasteiger partial charge is 0.0927 e. The van der Waals surface area contributed by atoms with Crippen molar-refractivity contribution in [1.29, 1.82) is 0 Å². The SMILES string of the molecule is CCCCCC[P@@](=O)(C(C)C)[C@@H](C)CC. The van der Waals surface area contributed by atoms with Crippen LogP contribution < -0.4 is 0 Å². The third-order valence-electron chi connectivity index (χ3n) is 3.57. The monoisotopic (exact) mass is 232 g/mol. The molecule has 0 aromatic rings. The van der Waals surface area contributed by atoms with E-state index < -0.39 is 7.14 Å². The molecule has 2 heteroatoms. The van der Waals surface area contributed by atoms with Crippen LogP contribution >= 0.6 is 7.14 Å². The standard InChI is InChI=1S/C13H29OP/c1-6-8-9-10-11-15(14,12(3)4)13(5)7-2/h12-13H,6-11H2,1-5H3/t13-,15+/m0/s1. The molecule has 0 aromatic heterocycles. The van der Waals surface area contributed by atoms with Crippen LogP contribution in [0.3, 0.4) is 0 Å². The van der Waals surface area contributed by atoms with Gasteiger partial charge in [-0.15, -0.1) is 0 Å². The third-order valence-corrected chi connectivity index (χ3v) is 8.19. The van der Waals surface area contributed by atoms with Gasteiger partial charge in [-0.25, -0.2) is 0 Å². The minimum absolute atomic E-state index is 0.370. The zero-order valence-corrected chi connectivity index (χ0v) is 12.1. The Morgan fingerprint density at radius 3 is 2.00 bits per heavy atom. The highest BCUT2D eigenvalue weighted by Gasteiger charge is 2.30. The molecule has 0 unspecified atom stereocenters. The molecule has 0 aliphatic heterocycles. The number of unbranched alkanes of at least 4 members (excludes halogenated alkanes) is 3. The van der Waals surface area contributed by atoms with Crippen LogP contribution in [0.15, 0.2) is 0 Å². The molecular formula is C13H29OP. The molecule has 0 saturated heterocycles. The maximum atomic E-state index is 12.8. The Bertz CT molecular complexity index is 199. The fourth-order valence-electron chi connectivity index (χ4n) is 2.08. The highest BCUT2D eigenvalue weighted by molar-refractivity contribution is 7.65.